The molecule has 0 aromatic heterocycles. The molecule has 1 unspecified atom stereocenters. The molecule has 2 aliphatic rings. The number of Topliss-reactive ketones (excluding diaryl/α,β-unsaturated/α-hetero) is 1. The van der Waals surface area contributed by atoms with Crippen LogP contribution in [0.5, 0.6) is 0 Å². The van der Waals surface area contributed by atoms with Crippen molar-refractivity contribution >= 4 is 5.78 Å². The van der Waals surface area contributed by atoms with Crippen molar-refractivity contribution in [2.24, 2.45) is 5.92 Å². The van der Waals surface area contributed by atoms with Crippen molar-refractivity contribution in [3.63, 3.8) is 0 Å². The SMILES string of the molecule is CC(=O)C(C1CC1)N1CCCCC1. The molecule has 1 saturated heterocycles. The molecule has 1 aliphatic heterocycles. The zero-order valence-corrected chi connectivity index (χ0v) is 8.46. The molecule has 2 fully saturated rings. The summed E-state index contributed by atoms with van der Waals surface area (Å²) in [5, 5.41) is 0. The minimum Gasteiger partial charge on any atom is -0.298 e. The van der Waals surface area contributed by atoms with E-state index in [1.807, 2.05) is 0 Å². The minimum atomic E-state index is 0.278. The van der Waals surface area contributed by atoms with Gasteiger partial charge in [0.15, 0.2) is 0 Å². The second-order valence-corrected chi connectivity index (χ2v) is 4.49. The maximum Gasteiger partial charge on any atom is 0.147 e. The Morgan fingerprint density at radius 3 is 2.31 bits per heavy atom. The molecule has 0 aromatic rings. The van der Waals surface area contributed by atoms with Gasteiger partial charge in [-0.05, 0) is 51.6 Å². The van der Waals surface area contributed by atoms with E-state index in [-0.39, 0.29) is 6.04 Å². The smallest absolute Gasteiger partial charge is 0.147 e. The monoisotopic (exact) mass is 181 g/mol. The van der Waals surface area contributed by atoms with Crippen molar-refractivity contribution in [3.8, 4) is 0 Å². The van der Waals surface area contributed by atoms with Crippen LogP contribution in [0.15, 0.2) is 0 Å². The highest BCUT2D eigenvalue weighted by Gasteiger charge is 2.38. The maximum atomic E-state index is 11.5. The molecule has 2 rings (SSSR count). The Morgan fingerprint density at radius 1 is 1.23 bits per heavy atom. The van der Waals surface area contributed by atoms with Gasteiger partial charge in [-0.2, -0.15) is 0 Å². The number of rotatable bonds is 3. The lowest BCUT2D eigenvalue weighted by molar-refractivity contribution is -0.123. The summed E-state index contributed by atoms with van der Waals surface area (Å²) in [4.78, 5) is 13.9. The molecule has 0 radical (unpaired) electrons. The fourth-order valence-corrected chi connectivity index (χ4v) is 2.50. The lowest BCUT2D eigenvalue weighted by Gasteiger charge is -2.33. The number of likely N-dealkylation sites (tertiary alicyclic amines) is 1. The molecule has 74 valence electrons. The first-order chi connectivity index (χ1) is 6.29. The van der Waals surface area contributed by atoms with Gasteiger partial charge in [-0.1, -0.05) is 6.42 Å². The van der Waals surface area contributed by atoms with Gasteiger partial charge in [-0.3, -0.25) is 9.69 Å². The normalized spacial score (nSPS) is 27.2. The van der Waals surface area contributed by atoms with Crippen LogP contribution in [0.1, 0.15) is 39.0 Å². The third kappa shape index (κ3) is 2.11. The molecule has 0 spiro atoms. The molecule has 1 atom stereocenters. The standard InChI is InChI=1S/C11H19NO/c1-9(13)11(10-5-6-10)12-7-3-2-4-8-12/h10-11H,2-8H2,1H3. The summed E-state index contributed by atoms with van der Waals surface area (Å²) in [6, 6.07) is 0.278. The van der Waals surface area contributed by atoms with E-state index in [1.54, 1.807) is 6.92 Å². The largest absolute Gasteiger partial charge is 0.298 e. The van der Waals surface area contributed by atoms with Crippen LogP contribution in [-0.2, 0) is 4.79 Å². The van der Waals surface area contributed by atoms with Gasteiger partial charge in [0.2, 0.25) is 0 Å². The van der Waals surface area contributed by atoms with E-state index in [1.165, 1.54) is 32.1 Å². The minimum absolute atomic E-state index is 0.278. The topological polar surface area (TPSA) is 20.3 Å². The van der Waals surface area contributed by atoms with E-state index in [0.29, 0.717) is 11.7 Å². The third-order valence-electron chi connectivity index (χ3n) is 3.27. The van der Waals surface area contributed by atoms with Gasteiger partial charge in [-0.15, -0.1) is 0 Å². The summed E-state index contributed by atoms with van der Waals surface area (Å²) in [6.07, 6.45) is 6.49. The number of carbonyl (C=O) groups excluding carboxylic acids is 1. The molecule has 0 N–H and O–H groups in total. The first kappa shape index (κ1) is 9.20. The Balaban J connectivity index is 1.96. The van der Waals surface area contributed by atoms with Gasteiger partial charge in [0, 0.05) is 0 Å². The highest BCUT2D eigenvalue weighted by Crippen LogP contribution is 2.36. The van der Waals surface area contributed by atoms with Crippen LogP contribution in [0.3, 0.4) is 0 Å². The van der Waals surface area contributed by atoms with Crippen molar-refractivity contribution in [2.75, 3.05) is 13.1 Å². The van der Waals surface area contributed by atoms with Crippen molar-refractivity contribution in [1.82, 2.24) is 4.90 Å². The number of carbonyl (C=O) groups is 1. The van der Waals surface area contributed by atoms with E-state index in [2.05, 4.69) is 4.90 Å². The predicted molar refractivity (Wildman–Crippen MR) is 52.6 cm³/mol. The highest BCUT2D eigenvalue weighted by atomic mass is 16.1. The molecule has 1 saturated carbocycles. The molecule has 1 heterocycles. The number of hydrogen-bond donors (Lipinski definition) is 0. The Morgan fingerprint density at radius 2 is 1.85 bits per heavy atom. The van der Waals surface area contributed by atoms with Crippen LogP contribution in [0, 0.1) is 5.92 Å². The molecule has 2 nitrogen and oxygen atoms in total. The second-order valence-electron chi connectivity index (χ2n) is 4.49. The fourth-order valence-electron chi connectivity index (χ4n) is 2.50. The van der Waals surface area contributed by atoms with E-state index in [0.717, 1.165) is 13.1 Å². The average molecular weight is 181 g/mol. The summed E-state index contributed by atoms with van der Waals surface area (Å²) < 4.78 is 0. The van der Waals surface area contributed by atoms with E-state index >= 15 is 0 Å². The quantitative estimate of drug-likeness (QED) is 0.662. The van der Waals surface area contributed by atoms with E-state index in [9.17, 15) is 4.79 Å². The van der Waals surface area contributed by atoms with Crippen molar-refractivity contribution in [3.05, 3.63) is 0 Å². The van der Waals surface area contributed by atoms with Crippen molar-refractivity contribution < 1.29 is 4.79 Å². The molecule has 0 amide bonds. The zero-order valence-electron chi connectivity index (χ0n) is 8.46. The summed E-state index contributed by atoms with van der Waals surface area (Å²) in [5.41, 5.74) is 0. The molecular formula is C11H19NO. The van der Waals surface area contributed by atoms with Crippen LogP contribution >= 0.6 is 0 Å². The van der Waals surface area contributed by atoms with Gasteiger partial charge in [0.1, 0.15) is 5.78 Å². The highest BCUT2D eigenvalue weighted by molar-refractivity contribution is 5.82. The Bertz CT molecular complexity index is 192. The van der Waals surface area contributed by atoms with Gasteiger partial charge in [-0.25, -0.2) is 0 Å². The molecular weight excluding hydrogens is 162 g/mol. The zero-order chi connectivity index (χ0) is 9.26. The van der Waals surface area contributed by atoms with Crippen LogP contribution in [0.2, 0.25) is 0 Å². The Hall–Kier alpha value is -0.370. The average Bonchev–Trinajstić information content (AvgIpc) is 2.90. The predicted octanol–water partition coefficient (Wildman–Crippen LogP) is 1.84. The summed E-state index contributed by atoms with van der Waals surface area (Å²) in [7, 11) is 0. The molecule has 13 heavy (non-hydrogen) atoms. The Labute approximate surface area is 80.3 Å². The molecule has 1 aliphatic carbocycles. The molecule has 0 aromatic carbocycles. The number of piperidine rings is 1. The van der Waals surface area contributed by atoms with Crippen molar-refractivity contribution in [1.29, 1.82) is 0 Å². The first-order valence-electron chi connectivity index (χ1n) is 5.53. The van der Waals surface area contributed by atoms with Crippen LogP contribution < -0.4 is 0 Å². The summed E-state index contributed by atoms with van der Waals surface area (Å²) in [5.74, 6) is 1.10. The summed E-state index contributed by atoms with van der Waals surface area (Å²) in [6.45, 7) is 4.07. The number of nitrogens with zero attached hydrogens (tertiary/aromatic N) is 1. The van der Waals surface area contributed by atoms with E-state index < -0.39 is 0 Å². The fraction of sp³-hybridized carbons (Fsp3) is 0.909. The third-order valence-corrected chi connectivity index (χ3v) is 3.27. The van der Waals surface area contributed by atoms with Crippen LogP contribution in [-0.4, -0.2) is 29.8 Å². The Kier molecular flexibility index (Phi) is 2.68. The number of ketones is 1. The lowest BCUT2D eigenvalue weighted by Crippen LogP contribution is -2.44. The van der Waals surface area contributed by atoms with Crippen molar-refractivity contribution in [2.45, 2.75) is 45.1 Å². The van der Waals surface area contributed by atoms with Gasteiger partial charge in [0.25, 0.3) is 0 Å². The van der Waals surface area contributed by atoms with Gasteiger partial charge < -0.3 is 0 Å². The first-order valence-corrected chi connectivity index (χ1v) is 5.53. The maximum absolute atomic E-state index is 11.5. The molecule has 2 heteroatoms. The van der Waals surface area contributed by atoms with Gasteiger partial charge in [0.05, 0.1) is 6.04 Å². The van der Waals surface area contributed by atoms with E-state index in [4.69, 9.17) is 0 Å². The lowest BCUT2D eigenvalue weighted by atomic mass is 10.0. The number of hydrogen-bond acceptors (Lipinski definition) is 2. The molecule has 0 bridgehead atoms. The van der Waals surface area contributed by atoms with Gasteiger partial charge >= 0.3 is 0 Å². The van der Waals surface area contributed by atoms with Crippen LogP contribution in [0.25, 0.3) is 0 Å². The second kappa shape index (κ2) is 3.79. The summed E-state index contributed by atoms with van der Waals surface area (Å²) >= 11 is 0. The van der Waals surface area contributed by atoms with Crippen LogP contribution in [0.4, 0.5) is 0 Å².